The number of rotatable bonds is 4. The van der Waals surface area contributed by atoms with E-state index in [0.29, 0.717) is 18.0 Å². The van der Waals surface area contributed by atoms with Crippen molar-refractivity contribution in [2.45, 2.75) is 38.6 Å². The quantitative estimate of drug-likeness (QED) is 0.329. The molecule has 1 saturated carbocycles. The van der Waals surface area contributed by atoms with E-state index in [1.54, 1.807) is 23.1 Å². The maximum Gasteiger partial charge on any atom is 0.337 e. The van der Waals surface area contributed by atoms with Crippen LogP contribution < -0.4 is 4.90 Å². The lowest BCUT2D eigenvalue weighted by atomic mass is 9.90. The third-order valence-electron chi connectivity index (χ3n) is 5.07. The highest BCUT2D eigenvalue weighted by atomic mass is 127. The minimum Gasteiger partial charge on any atom is -0.465 e. The average molecular weight is 501 g/mol. The predicted molar refractivity (Wildman–Crippen MR) is 122 cm³/mol. The first-order chi connectivity index (χ1) is 14.1. The topological polar surface area (TPSA) is 46.6 Å². The summed E-state index contributed by atoms with van der Waals surface area (Å²) < 4.78 is 5.78. The summed E-state index contributed by atoms with van der Waals surface area (Å²) in [5.41, 5.74) is 2.13. The molecule has 150 valence electrons. The Balaban J connectivity index is 1.88. The highest BCUT2D eigenvalue weighted by molar-refractivity contribution is 14.1. The molecule has 0 radical (unpaired) electrons. The molecule has 0 spiro atoms. The molecule has 0 aromatic heterocycles. The molecule has 2 aromatic rings. The van der Waals surface area contributed by atoms with Gasteiger partial charge < -0.3 is 4.74 Å². The number of benzene rings is 2. The van der Waals surface area contributed by atoms with Gasteiger partial charge in [-0.3, -0.25) is 9.69 Å². The van der Waals surface area contributed by atoms with E-state index in [0.717, 1.165) is 27.7 Å². The molecule has 3 rings (SSSR count). The SMILES string of the molecule is COC(=O)c1cccc(CN(C(=O)C#CC2CCCCC2)c2ccccc2I)c1. The van der Waals surface area contributed by atoms with Crippen molar-refractivity contribution < 1.29 is 14.3 Å². The van der Waals surface area contributed by atoms with Crippen LogP contribution in [0.1, 0.15) is 48.0 Å². The molecule has 0 atom stereocenters. The molecular weight excluding hydrogens is 477 g/mol. The fraction of sp³-hybridized carbons (Fsp3) is 0.333. The number of carbonyl (C=O) groups excluding carboxylic acids is 2. The Morgan fingerprint density at radius 1 is 1.10 bits per heavy atom. The fourth-order valence-electron chi connectivity index (χ4n) is 3.51. The highest BCUT2D eigenvalue weighted by Crippen LogP contribution is 2.25. The van der Waals surface area contributed by atoms with Gasteiger partial charge in [0.15, 0.2) is 0 Å². The Hall–Kier alpha value is -2.33. The first kappa shape index (κ1) is 21.4. The van der Waals surface area contributed by atoms with E-state index in [-0.39, 0.29) is 5.91 Å². The zero-order valence-electron chi connectivity index (χ0n) is 16.5. The summed E-state index contributed by atoms with van der Waals surface area (Å²) >= 11 is 2.23. The lowest BCUT2D eigenvalue weighted by Gasteiger charge is -2.22. The summed E-state index contributed by atoms with van der Waals surface area (Å²) in [5.74, 6) is 5.79. The second-order valence-electron chi connectivity index (χ2n) is 7.14. The number of nitrogens with zero attached hydrogens (tertiary/aromatic N) is 1. The number of carbonyl (C=O) groups is 2. The van der Waals surface area contributed by atoms with Gasteiger partial charge in [-0.15, -0.1) is 0 Å². The Morgan fingerprint density at radius 3 is 2.59 bits per heavy atom. The summed E-state index contributed by atoms with van der Waals surface area (Å²) in [4.78, 5) is 26.6. The van der Waals surface area contributed by atoms with Gasteiger partial charge in [-0.05, 0) is 71.2 Å². The first-order valence-electron chi connectivity index (χ1n) is 9.83. The van der Waals surface area contributed by atoms with Crippen molar-refractivity contribution in [1.29, 1.82) is 0 Å². The molecule has 29 heavy (non-hydrogen) atoms. The lowest BCUT2D eigenvalue weighted by molar-refractivity contribution is -0.113. The minimum absolute atomic E-state index is 0.219. The predicted octanol–water partition coefficient (Wildman–Crippen LogP) is 5.19. The Kier molecular flexibility index (Phi) is 7.70. The van der Waals surface area contributed by atoms with Crippen LogP contribution in [0.5, 0.6) is 0 Å². The van der Waals surface area contributed by atoms with Crippen LogP contribution in [0, 0.1) is 21.3 Å². The van der Waals surface area contributed by atoms with E-state index in [1.165, 1.54) is 26.4 Å². The van der Waals surface area contributed by atoms with Gasteiger partial charge in [0.25, 0.3) is 0 Å². The Morgan fingerprint density at radius 2 is 1.86 bits per heavy atom. The van der Waals surface area contributed by atoms with Crippen LogP contribution >= 0.6 is 22.6 Å². The largest absolute Gasteiger partial charge is 0.465 e. The summed E-state index contributed by atoms with van der Waals surface area (Å²) in [6.45, 7) is 0.336. The summed E-state index contributed by atoms with van der Waals surface area (Å²) in [7, 11) is 1.36. The Labute approximate surface area is 185 Å². The smallest absolute Gasteiger partial charge is 0.337 e. The van der Waals surface area contributed by atoms with Crippen LogP contribution in [0.25, 0.3) is 0 Å². The normalized spacial score (nSPS) is 13.9. The summed E-state index contributed by atoms with van der Waals surface area (Å²) in [6.07, 6.45) is 5.79. The monoisotopic (exact) mass is 501 g/mol. The van der Waals surface area contributed by atoms with Gasteiger partial charge in [-0.25, -0.2) is 4.79 Å². The second kappa shape index (κ2) is 10.4. The number of methoxy groups -OCH3 is 1. The number of anilines is 1. The molecule has 0 heterocycles. The molecule has 0 bridgehead atoms. The fourth-order valence-corrected chi connectivity index (χ4v) is 4.19. The van der Waals surface area contributed by atoms with Crippen molar-refractivity contribution in [2.75, 3.05) is 12.0 Å². The van der Waals surface area contributed by atoms with E-state index in [9.17, 15) is 9.59 Å². The van der Waals surface area contributed by atoms with E-state index in [1.807, 2.05) is 30.3 Å². The zero-order valence-corrected chi connectivity index (χ0v) is 18.6. The van der Waals surface area contributed by atoms with Gasteiger partial charge in [0.1, 0.15) is 0 Å². The molecule has 1 aliphatic rings. The van der Waals surface area contributed by atoms with Crippen molar-refractivity contribution >= 4 is 40.2 Å². The van der Waals surface area contributed by atoms with Gasteiger partial charge in [0, 0.05) is 9.49 Å². The standard InChI is InChI=1S/C24H24INO3/c1-29-24(28)20-11-7-10-19(16-20)17-26(22-13-6-5-12-21(22)25)23(27)15-14-18-8-3-2-4-9-18/h5-7,10-13,16,18H,2-4,8-9,17H2,1H3. The third kappa shape index (κ3) is 5.83. The maximum absolute atomic E-state index is 13.1. The second-order valence-corrected chi connectivity index (χ2v) is 8.30. The molecule has 1 amide bonds. The maximum atomic E-state index is 13.1. The molecule has 4 nitrogen and oxygen atoms in total. The number of amides is 1. The van der Waals surface area contributed by atoms with E-state index < -0.39 is 5.97 Å². The number of hydrogen-bond acceptors (Lipinski definition) is 3. The number of para-hydroxylation sites is 1. The van der Waals surface area contributed by atoms with Crippen LogP contribution in [0.15, 0.2) is 48.5 Å². The number of hydrogen-bond donors (Lipinski definition) is 0. The van der Waals surface area contributed by atoms with Crippen LogP contribution in [-0.4, -0.2) is 19.0 Å². The number of esters is 1. The van der Waals surface area contributed by atoms with Crippen LogP contribution in [0.3, 0.4) is 0 Å². The minimum atomic E-state index is -0.392. The van der Waals surface area contributed by atoms with Gasteiger partial charge in [0.2, 0.25) is 0 Å². The zero-order chi connectivity index (χ0) is 20.6. The van der Waals surface area contributed by atoms with Gasteiger partial charge >= 0.3 is 11.9 Å². The molecule has 1 aliphatic carbocycles. The molecular formula is C24H24INO3. The highest BCUT2D eigenvalue weighted by Gasteiger charge is 2.18. The molecule has 1 fully saturated rings. The van der Waals surface area contributed by atoms with E-state index in [2.05, 4.69) is 34.4 Å². The lowest BCUT2D eigenvalue weighted by Crippen LogP contribution is -2.30. The van der Waals surface area contributed by atoms with Crippen molar-refractivity contribution in [1.82, 2.24) is 0 Å². The molecule has 0 saturated heterocycles. The molecule has 0 aliphatic heterocycles. The van der Waals surface area contributed by atoms with Crippen LogP contribution in [0.2, 0.25) is 0 Å². The first-order valence-corrected chi connectivity index (χ1v) is 10.9. The van der Waals surface area contributed by atoms with E-state index >= 15 is 0 Å². The number of halogens is 1. The van der Waals surface area contributed by atoms with Crippen molar-refractivity contribution in [3.8, 4) is 11.8 Å². The average Bonchev–Trinajstić information content (AvgIpc) is 2.77. The van der Waals surface area contributed by atoms with Crippen LogP contribution in [0.4, 0.5) is 5.69 Å². The van der Waals surface area contributed by atoms with Crippen LogP contribution in [-0.2, 0) is 16.1 Å². The molecule has 0 N–H and O–H groups in total. The Bertz CT molecular complexity index is 938. The van der Waals surface area contributed by atoms with E-state index in [4.69, 9.17) is 4.74 Å². The molecule has 5 heteroatoms. The molecule has 0 unspecified atom stereocenters. The molecule has 2 aromatic carbocycles. The van der Waals surface area contributed by atoms with Crippen molar-refractivity contribution in [3.05, 3.63) is 63.2 Å². The van der Waals surface area contributed by atoms with Crippen molar-refractivity contribution in [2.24, 2.45) is 5.92 Å². The van der Waals surface area contributed by atoms with Gasteiger partial charge in [-0.2, -0.15) is 0 Å². The third-order valence-corrected chi connectivity index (χ3v) is 5.98. The summed E-state index contributed by atoms with van der Waals surface area (Å²) in [5, 5.41) is 0. The summed E-state index contributed by atoms with van der Waals surface area (Å²) in [6, 6.07) is 14.9. The number of ether oxygens (including phenoxy) is 1. The van der Waals surface area contributed by atoms with Crippen molar-refractivity contribution in [3.63, 3.8) is 0 Å². The van der Waals surface area contributed by atoms with Gasteiger partial charge in [-0.1, -0.05) is 49.4 Å². The van der Waals surface area contributed by atoms with Gasteiger partial charge in [0.05, 0.1) is 24.9 Å².